The van der Waals surface area contributed by atoms with Gasteiger partial charge in [0.15, 0.2) is 0 Å². The second-order valence-corrected chi connectivity index (χ2v) is 9.93. The summed E-state index contributed by atoms with van der Waals surface area (Å²) in [5.74, 6) is 0.692. The van der Waals surface area contributed by atoms with Crippen molar-refractivity contribution in [2.24, 2.45) is 10.4 Å². The highest BCUT2D eigenvalue weighted by Gasteiger charge is 2.59. The molecule has 35 heavy (non-hydrogen) atoms. The molecule has 2 unspecified atom stereocenters. The number of imidazole rings is 1. The minimum atomic E-state index is -0.480. The van der Waals surface area contributed by atoms with E-state index in [1.165, 1.54) is 25.7 Å². The first-order chi connectivity index (χ1) is 17.1. The molecule has 0 spiro atoms. The van der Waals surface area contributed by atoms with E-state index in [1.807, 2.05) is 54.6 Å². The lowest BCUT2D eigenvalue weighted by Gasteiger charge is -2.16. The van der Waals surface area contributed by atoms with Crippen molar-refractivity contribution in [2.75, 3.05) is 5.32 Å². The molecule has 178 valence electrons. The standard InChI is InChI=1S/C28H29N5O2/c34-26(30-20-6-3-1-2-4-7-20)19-10-13-22-23(16-19)33-25(32-22)18-8-11-21(12-9-18)31-27(35)28-14-5-15-29-24(28)17-28/h5,8-16,20,24H,1-4,6-7,17H2,(H,30,34)(H,31,35)(H,32,33). The zero-order valence-corrected chi connectivity index (χ0v) is 19.6. The minimum Gasteiger partial charge on any atom is -0.349 e. The van der Waals surface area contributed by atoms with Gasteiger partial charge >= 0.3 is 0 Å². The van der Waals surface area contributed by atoms with Crippen LogP contribution in [0.4, 0.5) is 5.69 Å². The zero-order valence-electron chi connectivity index (χ0n) is 19.6. The van der Waals surface area contributed by atoms with Crippen molar-refractivity contribution in [3.05, 3.63) is 60.2 Å². The second kappa shape index (κ2) is 8.80. The first-order valence-corrected chi connectivity index (χ1v) is 12.5. The molecule has 6 rings (SSSR count). The lowest BCUT2D eigenvalue weighted by molar-refractivity contribution is -0.119. The maximum absolute atomic E-state index is 12.8. The number of rotatable bonds is 5. The molecule has 0 saturated heterocycles. The number of benzene rings is 2. The van der Waals surface area contributed by atoms with E-state index in [-0.39, 0.29) is 23.9 Å². The lowest BCUT2D eigenvalue weighted by atomic mass is 10.0. The molecule has 3 aliphatic rings. The third kappa shape index (κ3) is 4.27. The second-order valence-electron chi connectivity index (χ2n) is 9.93. The monoisotopic (exact) mass is 467 g/mol. The molecule has 3 N–H and O–H groups in total. The van der Waals surface area contributed by atoms with Gasteiger partial charge in [0, 0.05) is 29.1 Å². The molecule has 0 radical (unpaired) electrons. The first-order valence-electron chi connectivity index (χ1n) is 12.5. The van der Waals surface area contributed by atoms with Crippen molar-refractivity contribution >= 4 is 34.7 Å². The third-order valence-electron chi connectivity index (χ3n) is 7.48. The van der Waals surface area contributed by atoms with Gasteiger partial charge in [0.05, 0.1) is 22.5 Å². The summed E-state index contributed by atoms with van der Waals surface area (Å²) in [4.78, 5) is 38.0. The van der Waals surface area contributed by atoms with Gasteiger partial charge in [-0.25, -0.2) is 4.98 Å². The highest BCUT2D eigenvalue weighted by Crippen LogP contribution is 2.51. The molecule has 7 nitrogen and oxygen atoms in total. The van der Waals surface area contributed by atoms with E-state index in [0.717, 1.165) is 47.4 Å². The van der Waals surface area contributed by atoms with Crippen LogP contribution < -0.4 is 10.6 Å². The SMILES string of the molecule is O=C(NC1CCCCCC1)c1ccc2nc(-c3ccc(NC(=O)C45C=CC=NC4C5)cc3)[nH]c2c1. The van der Waals surface area contributed by atoms with Gasteiger partial charge in [0.25, 0.3) is 5.91 Å². The van der Waals surface area contributed by atoms with Gasteiger partial charge in [-0.2, -0.15) is 0 Å². The van der Waals surface area contributed by atoms with Crippen molar-refractivity contribution in [2.45, 2.75) is 57.0 Å². The summed E-state index contributed by atoms with van der Waals surface area (Å²) >= 11 is 0. The van der Waals surface area contributed by atoms with E-state index in [1.54, 1.807) is 6.21 Å². The van der Waals surface area contributed by atoms with Gasteiger partial charge in [-0.15, -0.1) is 0 Å². The Bertz CT molecular complexity index is 1330. The van der Waals surface area contributed by atoms with Crippen molar-refractivity contribution in [1.29, 1.82) is 0 Å². The molecule has 2 atom stereocenters. The van der Waals surface area contributed by atoms with Gasteiger partial charge < -0.3 is 15.6 Å². The van der Waals surface area contributed by atoms with Gasteiger partial charge in [0.1, 0.15) is 5.82 Å². The van der Waals surface area contributed by atoms with Crippen molar-refractivity contribution < 1.29 is 9.59 Å². The predicted molar refractivity (Wildman–Crippen MR) is 138 cm³/mol. The summed E-state index contributed by atoms with van der Waals surface area (Å²) < 4.78 is 0. The first kappa shape index (κ1) is 21.8. The number of hydrogen-bond donors (Lipinski definition) is 3. The number of anilines is 1. The van der Waals surface area contributed by atoms with Crippen LogP contribution in [0.2, 0.25) is 0 Å². The maximum atomic E-state index is 12.8. The molecule has 2 aromatic carbocycles. The molecule has 2 saturated carbocycles. The molecule has 2 aliphatic carbocycles. The number of nitrogens with zero attached hydrogens (tertiary/aromatic N) is 2. The van der Waals surface area contributed by atoms with E-state index in [0.29, 0.717) is 5.56 Å². The number of carbonyl (C=O) groups is 2. The Labute approximate surface area is 204 Å². The molecule has 7 heteroatoms. The molecule has 3 aromatic rings. The summed E-state index contributed by atoms with van der Waals surface area (Å²) in [6.45, 7) is 0. The summed E-state index contributed by atoms with van der Waals surface area (Å²) in [7, 11) is 0. The smallest absolute Gasteiger partial charge is 0.251 e. The number of hydrogen-bond acceptors (Lipinski definition) is 4. The summed E-state index contributed by atoms with van der Waals surface area (Å²) in [5.41, 5.74) is 3.46. The van der Waals surface area contributed by atoms with Crippen LogP contribution in [0, 0.1) is 5.41 Å². The maximum Gasteiger partial charge on any atom is 0.251 e. The van der Waals surface area contributed by atoms with Gasteiger partial charge in [-0.05, 0) is 67.8 Å². The largest absolute Gasteiger partial charge is 0.349 e. The lowest BCUT2D eigenvalue weighted by Crippen LogP contribution is -2.34. The fourth-order valence-electron chi connectivity index (χ4n) is 5.25. The van der Waals surface area contributed by atoms with E-state index in [9.17, 15) is 9.59 Å². The van der Waals surface area contributed by atoms with Gasteiger partial charge in [-0.1, -0.05) is 31.8 Å². The minimum absolute atomic E-state index is 0.0123. The normalized spacial score (nSPS) is 23.5. The molecule has 2 heterocycles. The highest BCUT2D eigenvalue weighted by molar-refractivity contribution is 6.01. The van der Waals surface area contributed by atoms with Crippen molar-refractivity contribution in [3.63, 3.8) is 0 Å². The number of allylic oxidation sites excluding steroid dienone is 1. The average Bonchev–Trinajstić information content (AvgIpc) is 3.57. The van der Waals surface area contributed by atoms with E-state index in [2.05, 4.69) is 20.6 Å². The Hall–Kier alpha value is -3.74. The fraction of sp³-hybridized carbons (Fsp3) is 0.357. The van der Waals surface area contributed by atoms with Crippen LogP contribution in [-0.2, 0) is 4.79 Å². The average molecular weight is 468 g/mol. The van der Waals surface area contributed by atoms with Crippen LogP contribution in [-0.4, -0.2) is 40.1 Å². The summed E-state index contributed by atoms with van der Waals surface area (Å²) in [5, 5.41) is 6.23. The van der Waals surface area contributed by atoms with E-state index >= 15 is 0 Å². The fourth-order valence-corrected chi connectivity index (χ4v) is 5.25. The Morgan fingerprint density at radius 2 is 1.80 bits per heavy atom. The molecular formula is C28H29N5O2. The van der Waals surface area contributed by atoms with Crippen LogP contribution in [0.15, 0.2) is 59.6 Å². The van der Waals surface area contributed by atoms with Crippen LogP contribution in [0.3, 0.4) is 0 Å². The number of H-pyrrole nitrogens is 1. The summed E-state index contributed by atoms with van der Waals surface area (Å²) in [6, 6.07) is 13.6. The molecule has 1 aromatic heterocycles. The van der Waals surface area contributed by atoms with Crippen molar-refractivity contribution in [1.82, 2.24) is 15.3 Å². The van der Waals surface area contributed by atoms with Crippen molar-refractivity contribution in [3.8, 4) is 11.4 Å². The molecule has 0 bridgehead atoms. The van der Waals surface area contributed by atoms with Crippen LogP contribution in [0.1, 0.15) is 55.3 Å². The summed E-state index contributed by atoms with van der Waals surface area (Å²) in [6.07, 6.45) is 13.3. The number of dihydropyridines is 1. The quantitative estimate of drug-likeness (QED) is 0.460. The Morgan fingerprint density at radius 3 is 2.57 bits per heavy atom. The number of amides is 2. The number of aromatic nitrogens is 2. The Morgan fingerprint density at radius 1 is 1.00 bits per heavy atom. The van der Waals surface area contributed by atoms with Gasteiger partial charge in [-0.3, -0.25) is 14.6 Å². The Balaban J connectivity index is 1.14. The van der Waals surface area contributed by atoms with Gasteiger partial charge in [0.2, 0.25) is 5.91 Å². The van der Waals surface area contributed by atoms with Crippen LogP contribution in [0.25, 0.3) is 22.4 Å². The topological polar surface area (TPSA) is 99.2 Å². The van der Waals surface area contributed by atoms with E-state index in [4.69, 9.17) is 4.98 Å². The number of aliphatic imine (C=N–C) groups is 1. The van der Waals surface area contributed by atoms with Crippen LogP contribution in [0.5, 0.6) is 0 Å². The number of fused-ring (bicyclic) bond motifs is 2. The third-order valence-corrected chi connectivity index (χ3v) is 7.48. The number of nitrogens with one attached hydrogen (secondary N) is 3. The Kier molecular flexibility index (Phi) is 5.47. The molecule has 2 amide bonds. The zero-order chi connectivity index (χ0) is 23.8. The number of carbonyl (C=O) groups excluding carboxylic acids is 2. The molecular weight excluding hydrogens is 438 g/mol. The number of aromatic amines is 1. The predicted octanol–water partition coefficient (Wildman–Crippen LogP) is 5.02. The van der Waals surface area contributed by atoms with E-state index < -0.39 is 5.41 Å². The van der Waals surface area contributed by atoms with Crippen LogP contribution >= 0.6 is 0 Å². The molecule has 1 aliphatic heterocycles. The molecule has 2 fully saturated rings. The highest BCUT2D eigenvalue weighted by atomic mass is 16.2.